The molecule has 3 N–H and O–H groups in total. The molecule has 0 aliphatic rings. The Morgan fingerprint density at radius 1 is 1.25 bits per heavy atom. The number of hydrogen-bond acceptors (Lipinski definition) is 3. The van der Waals surface area contributed by atoms with Crippen molar-refractivity contribution in [2.45, 2.75) is 45.7 Å². The second kappa shape index (κ2) is 8.49. The summed E-state index contributed by atoms with van der Waals surface area (Å²) in [4.78, 5) is 11.9. The lowest BCUT2D eigenvalue weighted by atomic mass is 10.1. The van der Waals surface area contributed by atoms with Crippen LogP contribution in [0.3, 0.4) is 0 Å². The van der Waals surface area contributed by atoms with Crippen molar-refractivity contribution in [1.82, 2.24) is 20.4 Å². The number of nitrogens with zero attached hydrogens (tertiary/aromatic N) is 2. The van der Waals surface area contributed by atoms with E-state index in [2.05, 4.69) is 29.6 Å². The fraction of sp³-hybridized carbons (Fsp3) is 0.444. The molecule has 0 unspecified atom stereocenters. The molecular weight excluding hydrogens is 304 g/mol. The smallest absolute Gasteiger partial charge is 0.315 e. The quantitative estimate of drug-likeness (QED) is 0.730. The first kappa shape index (κ1) is 18.0. The summed E-state index contributed by atoms with van der Waals surface area (Å²) in [6, 6.07) is 9.61. The van der Waals surface area contributed by atoms with Gasteiger partial charge in [-0.05, 0) is 31.4 Å². The molecule has 0 saturated carbocycles. The van der Waals surface area contributed by atoms with Crippen LogP contribution in [0.1, 0.15) is 44.4 Å². The highest BCUT2D eigenvalue weighted by molar-refractivity contribution is 5.74. The van der Waals surface area contributed by atoms with E-state index in [1.807, 2.05) is 48.1 Å². The van der Waals surface area contributed by atoms with E-state index >= 15 is 0 Å². The Hall–Kier alpha value is -2.34. The molecule has 6 nitrogen and oxygen atoms in total. The molecule has 1 atom stereocenters. The Balaban J connectivity index is 2.06. The van der Waals surface area contributed by atoms with Gasteiger partial charge in [-0.3, -0.25) is 0 Å². The van der Waals surface area contributed by atoms with Crippen molar-refractivity contribution in [3.05, 3.63) is 47.8 Å². The van der Waals surface area contributed by atoms with Crippen LogP contribution in [-0.2, 0) is 6.54 Å². The highest BCUT2D eigenvalue weighted by Crippen LogP contribution is 2.19. The first-order chi connectivity index (χ1) is 11.5. The first-order valence-corrected chi connectivity index (χ1v) is 8.30. The van der Waals surface area contributed by atoms with Crippen LogP contribution in [0.2, 0.25) is 0 Å². The number of aliphatic hydroxyl groups is 1. The van der Waals surface area contributed by atoms with Crippen LogP contribution in [0.5, 0.6) is 0 Å². The van der Waals surface area contributed by atoms with Gasteiger partial charge in [-0.25, -0.2) is 9.48 Å². The number of nitrogens with one attached hydrogen (secondary N) is 2. The number of carbonyl (C=O) groups excluding carboxylic acids is 1. The van der Waals surface area contributed by atoms with E-state index in [4.69, 9.17) is 5.11 Å². The molecule has 2 aromatic rings. The Morgan fingerprint density at radius 3 is 2.58 bits per heavy atom. The molecule has 2 amide bonds. The van der Waals surface area contributed by atoms with Crippen LogP contribution in [0.15, 0.2) is 36.5 Å². The molecule has 24 heavy (non-hydrogen) atoms. The minimum Gasteiger partial charge on any atom is -0.396 e. The van der Waals surface area contributed by atoms with Gasteiger partial charge in [-0.1, -0.05) is 32.0 Å². The second-order valence-corrected chi connectivity index (χ2v) is 6.21. The standard InChI is InChI=1S/C18H26N4O2/c1-13(2)17-15(11-19-18(24)20-14(3)9-10-23)12-22(21-17)16-7-5-4-6-8-16/h4-8,12-14,23H,9-11H2,1-3H3,(H2,19,20,24)/t14-/m1/s1. The van der Waals surface area contributed by atoms with Gasteiger partial charge in [0.25, 0.3) is 0 Å². The predicted molar refractivity (Wildman–Crippen MR) is 94.2 cm³/mol. The zero-order chi connectivity index (χ0) is 17.5. The van der Waals surface area contributed by atoms with Crippen molar-refractivity contribution in [1.29, 1.82) is 0 Å². The Kier molecular flexibility index (Phi) is 6.37. The molecule has 0 radical (unpaired) electrons. The van der Waals surface area contributed by atoms with E-state index in [1.165, 1.54) is 0 Å². The number of amides is 2. The topological polar surface area (TPSA) is 79.2 Å². The van der Waals surface area contributed by atoms with E-state index in [1.54, 1.807) is 0 Å². The highest BCUT2D eigenvalue weighted by Gasteiger charge is 2.14. The third kappa shape index (κ3) is 4.83. The minimum absolute atomic E-state index is 0.0583. The van der Waals surface area contributed by atoms with E-state index in [0.29, 0.717) is 13.0 Å². The number of rotatable bonds is 7. The SMILES string of the molecule is CC(C)c1nn(-c2ccccc2)cc1CNC(=O)N[C@H](C)CCO. The van der Waals surface area contributed by atoms with E-state index in [-0.39, 0.29) is 24.6 Å². The summed E-state index contributed by atoms with van der Waals surface area (Å²) in [5, 5.41) is 19.2. The van der Waals surface area contributed by atoms with Crippen molar-refractivity contribution in [2.24, 2.45) is 0 Å². The molecule has 0 fully saturated rings. The van der Waals surface area contributed by atoms with Crippen molar-refractivity contribution >= 4 is 6.03 Å². The van der Waals surface area contributed by atoms with Gasteiger partial charge < -0.3 is 15.7 Å². The van der Waals surface area contributed by atoms with Crippen molar-refractivity contribution in [2.75, 3.05) is 6.61 Å². The van der Waals surface area contributed by atoms with Crippen molar-refractivity contribution in [3.63, 3.8) is 0 Å². The molecule has 0 spiro atoms. The molecule has 1 heterocycles. The zero-order valence-corrected chi connectivity index (χ0v) is 14.5. The maximum absolute atomic E-state index is 11.9. The maximum atomic E-state index is 11.9. The lowest BCUT2D eigenvalue weighted by Gasteiger charge is -2.13. The monoisotopic (exact) mass is 330 g/mol. The predicted octanol–water partition coefficient (Wildman–Crippen LogP) is 2.57. The number of hydrogen-bond donors (Lipinski definition) is 3. The normalized spacial score (nSPS) is 12.2. The highest BCUT2D eigenvalue weighted by atomic mass is 16.3. The summed E-state index contributed by atoms with van der Waals surface area (Å²) >= 11 is 0. The molecule has 2 rings (SSSR count). The van der Waals surface area contributed by atoms with Gasteiger partial charge >= 0.3 is 6.03 Å². The van der Waals surface area contributed by atoms with Crippen LogP contribution in [-0.4, -0.2) is 33.6 Å². The average Bonchev–Trinajstić information content (AvgIpc) is 2.98. The maximum Gasteiger partial charge on any atom is 0.315 e. The fourth-order valence-corrected chi connectivity index (χ4v) is 2.47. The lowest BCUT2D eigenvalue weighted by molar-refractivity contribution is 0.230. The summed E-state index contributed by atoms with van der Waals surface area (Å²) in [7, 11) is 0. The van der Waals surface area contributed by atoms with Crippen LogP contribution >= 0.6 is 0 Å². The fourth-order valence-electron chi connectivity index (χ4n) is 2.47. The lowest BCUT2D eigenvalue weighted by Crippen LogP contribution is -2.40. The third-order valence-corrected chi connectivity index (χ3v) is 3.77. The number of urea groups is 1. The summed E-state index contributed by atoms with van der Waals surface area (Å²) < 4.78 is 1.85. The third-order valence-electron chi connectivity index (χ3n) is 3.77. The second-order valence-electron chi connectivity index (χ2n) is 6.21. The molecule has 0 saturated heterocycles. The van der Waals surface area contributed by atoms with Crippen LogP contribution in [0.4, 0.5) is 4.79 Å². The summed E-state index contributed by atoms with van der Waals surface area (Å²) in [6.07, 6.45) is 2.50. The Morgan fingerprint density at radius 2 is 1.96 bits per heavy atom. The Bertz CT molecular complexity index is 652. The molecule has 1 aromatic heterocycles. The number of para-hydroxylation sites is 1. The van der Waals surface area contributed by atoms with Gasteiger partial charge in [-0.15, -0.1) is 0 Å². The molecule has 0 aliphatic heterocycles. The summed E-state index contributed by atoms with van der Waals surface area (Å²) in [5.41, 5.74) is 2.97. The molecule has 0 aliphatic carbocycles. The molecule has 0 bridgehead atoms. The number of carbonyl (C=O) groups is 1. The zero-order valence-electron chi connectivity index (χ0n) is 14.5. The minimum atomic E-state index is -0.238. The Labute approximate surface area is 142 Å². The van der Waals surface area contributed by atoms with Crippen molar-refractivity contribution < 1.29 is 9.90 Å². The molecule has 6 heteroatoms. The first-order valence-electron chi connectivity index (χ1n) is 8.30. The number of benzene rings is 1. The van der Waals surface area contributed by atoms with Gasteiger partial charge in [0.2, 0.25) is 0 Å². The van der Waals surface area contributed by atoms with Crippen LogP contribution in [0.25, 0.3) is 5.69 Å². The summed E-state index contributed by atoms with van der Waals surface area (Å²) in [5.74, 6) is 0.267. The van der Waals surface area contributed by atoms with Crippen LogP contribution < -0.4 is 10.6 Å². The number of aromatic nitrogens is 2. The van der Waals surface area contributed by atoms with Gasteiger partial charge in [0.1, 0.15) is 0 Å². The van der Waals surface area contributed by atoms with Crippen molar-refractivity contribution in [3.8, 4) is 5.69 Å². The van der Waals surface area contributed by atoms with Gasteiger partial charge in [-0.2, -0.15) is 5.10 Å². The largest absolute Gasteiger partial charge is 0.396 e. The van der Waals surface area contributed by atoms with Crippen LogP contribution in [0, 0.1) is 0 Å². The van der Waals surface area contributed by atoms with E-state index in [9.17, 15) is 4.79 Å². The number of aliphatic hydroxyl groups excluding tert-OH is 1. The molecule has 1 aromatic carbocycles. The van der Waals surface area contributed by atoms with E-state index in [0.717, 1.165) is 16.9 Å². The van der Waals surface area contributed by atoms with E-state index < -0.39 is 0 Å². The average molecular weight is 330 g/mol. The van der Waals surface area contributed by atoms with Gasteiger partial charge in [0.05, 0.1) is 11.4 Å². The molecule has 130 valence electrons. The van der Waals surface area contributed by atoms with Gasteiger partial charge in [0, 0.05) is 31.0 Å². The summed E-state index contributed by atoms with van der Waals surface area (Å²) in [6.45, 7) is 6.51. The molecular formula is C18H26N4O2. The van der Waals surface area contributed by atoms with Gasteiger partial charge in [0.15, 0.2) is 0 Å².